The predicted molar refractivity (Wildman–Crippen MR) is 75.2 cm³/mol. The molecule has 1 aromatic rings. The average molecular weight is 235 g/mol. The van der Waals surface area contributed by atoms with Gasteiger partial charge in [-0.3, -0.25) is 4.90 Å². The molecule has 0 bridgehead atoms. The van der Waals surface area contributed by atoms with Crippen molar-refractivity contribution in [2.45, 2.75) is 33.4 Å². The van der Waals surface area contributed by atoms with Crippen molar-refractivity contribution in [2.24, 2.45) is 5.73 Å². The second-order valence-electron chi connectivity index (χ2n) is 4.52. The molecule has 0 amide bonds. The molecular weight excluding hydrogens is 210 g/mol. The summed E-state index contributed by atoms with van der Waals surface area (Å²) in [5, 5.41) is 3.31. The monoisotopic (exact) mass is 235 g/mol. The van der Waals surface area contributed by atoms with E-state index in [0.717, 1.165) is 31.9 Å². The molecule has 3 N–H and O–H groups in total. The second kappa shape index (κ2) is 7.30. The molecule has 17 heavy (non-hydrogen) atoms. The van der Waals surface area contributed by atoms with Crippen LogP contribution in [-0.4, -0.2) is 30.6 Å². The van der Waals surface area contributed by atoms with Crippen LogP contribution >= 0.6 is 0 Å². The normalized spacial score (nSPS) is 12.8. The quantitative estimate of drug-likeness (QED) is 0.762. The second-order valence-corrected chi connectivity index (χ2v) is 4.52. The van der Waals surface area contributed by atoms with Crippen molar-refractivity contribution in [3.8, 4) is 0 Å². The van der Waals surface area contributed by atoms with Gasteiger partial charge >= 0.3 is 0 Å². The Hall–Kier alpha value is -1.06. The van der Waals surface area contributed by atoms with Crippen LogP contribution in [0.1, 0.15) is 26.3 Å². The van der Waals surface area contributed by atoms with Gasteiger partial charge in [-0.05, 0) is 37.7 Å². The first-order chi connectivity index (χ1) is 8.15. The number of anilines is 1. The van der Waals surface area contributed by atoms with Gasteiger partial charge in [0, 0.05) is 24.8 Å². The van der Waals surface area contributed by atoms with Gasteiger partial charge in [-0.25, -0.2) is 0 Å². The van der Waals surface area contributed by atoms with E-state index in [1.807, 2.05) is 6.92 Å². The molecule has 0 heterocycles. The number of hydrogen-bond donors (Lipinski definition) is 2. The summed E-state index contributed by atoms with van der Waals surface area (Å²) in [6.07, 6.45) is 0. The van der Waals surface area contributed by atoms with Crippen LogP contribution in [-0.2, 0) is 6.54 Å². The Morgan fingerprint density at radius 2 is 1.76 bits per heavy atom. The molecule has 0 saturated heterocycles. The topological polar surface area (TPSA) is 41.3 Å². The van der Waals surface area contributed by atoms with Gasteiger partial charge < -0.3 is 11.1 Å². The molecule has 0 spiro atoms. The predicted octanol–water partition coefficient (Wildman–Crippen LogP) is 2.29. The maximum Gasteiger partial charge on any atom is 0.0340 e. The standard InChI is InChI=1S/C14H25N3/c1-4-17(5-2)11-13-6-8-14(9-7-13)16-10-12(3)15/h6-9,12,16H,4-5,10-11,15H2,1-3H3. The largest absolute Gasteiger partial charge is 0.383 e. The summed E-state index contributed by atoms with van der Waals surface area (Å²) in [6, 6.07) is 8.80. The highest BCUT2D eigenvalue weighted by molar-refractivity contribution is 5.44. The Morgan fingerprint density at radius 1 is 1.18 bits per heavy atom. The summed E-state index contributed by atoms with van der Waals surface area (Å²) in [4.78, 5) is 2.41. The van der Waals surface area contributed by atoms with Crippen molar-refractivity contribution in [1.29, 1.82) is 0 Å². The Balaban J connectivity index is 2.49. The molecule has 1 atom stereocenters. The molecule has 0 fully saturated rings. The zero-order chi connectivity index (χ0) is 12.7. The van der Waals surface area contributed by atoms with Crippen molar-refractivity contribution in [3.63, 3.8) is 0 Å². The number of rotatable bonds is 7. The fourth-order valence-corrected chi connectivity index (χ4v) is 1.71. The first-order valence-electron chi connectivity index (χ1n) is 6.46. The SMILES string of the molecule is CCN(CC)Cc1ccc(NCC(C)N)cc1. The smallest absolute Gasteiger partial charge is 0.0340 e. The minimum atomic E-state index is 0.186. The molecule has 0 radical (unpaired) electrons. The fraction of sp³-hybridized carbons (Fsp3) is 0.571. The fourth-order valence-electron chi connectivity index (χ4n) is 1.71. The van der Waals surface area contributed by atoms with E-state index in [9.17, 15) is 0 Å². The maximum atomic E-state index is 5.70. The van der Waals surface area contributed by atoms with Crippen LogP contribution in [0.25, 0.3) is 0 Å². The molecule has 0 saturated carbocycles. The first-order valence-corrected chi connectivity index (χ1v) is 6.46. The molecule has 1 aromatic carbocycles. The van der Waals surface area contributed by atoms with Gasteiger partial charge in [-0.1, -0.05) is 26.0 Å². The summed E-state index contributed by atoms with van der Waals surface area (Å²) >= 11 is 0. The molecule has 3 heteroatoms. The zero-order valence-corrected chi connectivity index (χ0v) is 11.2. The molecule has 3 nitrogen and oxygen atoms in total. The van der Waals surface area contributed by atoms with Gasteiger partial charge in [0.25, 0.3) is 0 Å². The van der Waals surface area contributed by atoms with Crippen LogP contribution in [0.2, 0.25) is 0 Å². The van der Waals surface area contributed by atoms with Crippen LogP contribution in [0.5, 0.6) is 0 Å². The number of nitrogens with two attached hydrogens (primary N) is 1. The lowest BCUT2D eigenvalue weighted by Crippen LogP contribution is -2.25. The molecule has 96 valence electrons. The summed E-state index contributed by atoms with van der Waals surface area (Å²) in [5.41, 5.74) is 8.21. The number of hydrogen-bond acceptors (Lipinski definition) is 3. The average Bonchev–Trinajstić information content (AvgIpc) is 2.34. The highest BCUT2D eigenvalue weighted by Crippen LogP contribution is 2.11. The minimum Gasteiger partial charge on any atom is -0.383 e. The molecule has 0 aromatic heterocycles. The van der Waals surface area contributed by atoms with Crippen LogP contribution in [0.3, 0.4) is 0 Å². The number of nitrogens with zero attached hydrogens (tertiary/aromatic N) is 1. The lowest BCUT2D eigenvalue weighted by atomic mass is 10.2. The Kier molecular flexibility index (Phi) is 6.01. The minimum absolute atomic E-state index is 0.186. The maximum absolute atomic E-state index is 5.70. The van der Waals surface area contributed by atoms with Crippen molar-refractivity contribution in [3.05, 3.63) is 29.8 Å². The van der Waals surface area contributed by atoms with Gasteiger partial charge in [-0.2, -0.15) is 0 Å². The van der Waals surface area contributed by atoms with Crippen LogP contribution in [0, 0.1) is 0 Å². The highest BCUT2D eigenvalue weighted by Gasteiger charge is 2.01. The Labute approximate surface area is 105 Å². The van der Waals surface area contributed by atoms with Gasteiger partial charge in [0.05, 0.1) is 0 Å². The lowest BCUT2D eigenvalue weighted by molar-refractivity contribution is 0.296. The van der Waals surface area contributed by atoms with E-state index in [-0.39, 0.29) is 6.04 Å². The van der Waals surface area contributed by atoms with E-state index in [0.29, 0.717) is 0 Å². The van der Waals surface area contributed by atoms with Crippen LogP contribution < -0.4 is 11.1 Å². The summed E-state index contributed by atoms with van der Waals surface area (Å²) in [7, 11) is 0. The molecule has 0 aliphatic rings. The highest BCUT2D eigenvalue weighted by atomic mass is 15.1. The molecule has 1 unspecified atom stereocenters. The van der Waals surface area contributed by atoms with Gasteiger partial charge in [0.1, 0.15) is 0 Å². The van der Waals surface area contributed by atoms with E-state index in [2.05, 4.69) is 48.3 Å². The molecule has 0 aliphatic heterocycles. The van der Waals surface area contributed by atoms with E-state index in [1.165, 1.54) is 5.56 Å². The van der Waals surface area contributed by atoms with Crippen molar-refractivity contribution < 1.29 is 0 Å². The summed E-state index contributed by atoms with van der Waals surface area (Å²) < 4.78 is 0. The van der Waals surface area contributed by atoms with Crippen molar-refractivity contribution in [2.75, 3.05) is 25.0 Å². The molecule has 1 rings (SSSR count). The van der Waals surface area contributed by atoms with Crippen LogP contribution in [0.15, 0.2) is 24.3 Å². The number of nitrogens with one attached hydrogen (secondary N) is 1. The van der Waals surface area contributed by atoms with E-state index in [1.54, 1.807) is 0 Å². The van der Waals surface area contributed by atoms with Gasteiger partial charge in [0.2, 0.25) is 0 Å². The third kappa shape index (κ3) is 5.20. The first kappa shape index (κ1) is 14.0. The Bertz CT molecular complexity index is 302. The summed E-state index contributed by atoms with van der Waals surface area (Å²) in [6.45, 7) is 10.4. The third-order valence-electron chi connectivity index (χ3n) is 2.88. The van der Waals surface area contributed by atoms with Gasteiger partial charge in [0.15, 0.2) is 0 Å². The van der Waals surface area contributed by atoms with Crippen LogP contribution in [0.4, 0.5) is 5.69 Å². The van der Waals surface area contributed by atoms with Crippen molar-refractivity contribution in [1.82, 2.24) is 4.90 Å². The molecular formula is C14H25N3. The summed E-state index contributed by atoms with van der Waals surface area (Å²) in [5.74, 6) is 0. The third-order valence-corrected chi connectivity index (χ3v) is 2.88. The van der Waals surface area contributed by atoms with E-state index < -0.39 is 0 Å². The zero-order valence-electron chi connectivity index (χ0n) is 11.2. The lowest BCUT2D eigenvalue weighted by Gasteiger charge is -2.18. The van der Waals surface area contributed by atoms with Crippen molar-refractivity contribution >= 4 is 5.69 Å². The van der Waals surface area contributed by atoms with E-state index in [4.69, 9.17) is 5.73 Å². The number of benzene rings is 1. The Morgan fingerprint density at radius 3 is 2.24 bits per heavy atom. The van der Waals surface area contributed by atoms with E-state index >= 15 is 0 Å². The van der Waals surface area contributed by atoms with Gasteiger partial charge in [-0.15, -0.1) is 0 Å². The molecule has 0 aliphatic carbocycles.